The molecule has 2 amide bonds. The predicted octanol–water partition coefficient (Wildman–Crippen LogP) is 3.80. The molecule has 4 fully saturated rings. The maximum absolute atomic E-state index is 14.2. The van der Waals surface area contributed by atoms with E-state index in [1.807, 2.05) is 11.0 Å². The van der Waals surface area contributed by atoms with Crippen LogP contribution in [0.2, 0.25) is 0 Å². The van der Waals surface area contributed by atoms with Gasteiger partial charge in [-0.15, -0.1) is 5.10 Å². The Morgan fingerprint density at radius 2 is 1.89 bits per heavy atom. The summed E-state index contributed by atoms with van der Waals surface area (Å²) in [6, 6.07) is 2.67. The smallest absolute Gasteiger partial charge is 0.417 e. The van der Waals surface area contributed by atoms with E-state index in [0.717, 1.165) is 44.2 Å². The first kappa shape index (κ1) is 30.5. The summed E-state index contributed by atoms with van der Waals surface area (Å²) >= 11 is 0. The molecular formula is C30H32F3N7O5. The summed E-state index contributed by atoms with van der Waals surface area (Å²) in [5, 5.41) is 9.28. The Balaban J connectivity index is 1.29. The molecule has 0 atom stereocenters. The van der Waals surface area contributed by atoms with Crippen molar-refractivity contribution in [3.63, 3.8) is 0 Å². The number of allylic oxidation sites excluding steroid dienone is 1. The number of morpholine rings is 1. The van der Waals surface area contributed by atoms with Gasteiger partial charge in [0.25, 0.3) is 0 Å². The number of alkyl halides is 3. The highest BCUT2D eigenvalue weighted by Gasteiger charge is 2.70. The molecule has 0 spiro atoms. The van der Waals surface area contributed by atoms with Gasteiger partial charge in [0.05, 0.1) is 38.0 Å². The van der Waals surface area contributed by atoms with Crippen LogP contribution in [0.5, 0.6) is 0 Å². The van der Waals surface area contributed by atoms with Crippen LogP contribution >= 0.6 is 0 Å². The van der Waals surface area contributed by atoms with Crippen LogP contribution < -0.4 is 15.5 Å². The van der Waals surface area contributed by atoms with E-state index >= 15 is 0 Å². The Morgan fingerprint density at radius 3 is 2.56 bits per heavy atom. The van der Waals surface area contributed by atoms with Crippen LogP contribution in [0.4, 0.5) is 29.6 Å². The van der Waals surface area contributed by atoms with Crippen LogP contribution in [0.1, 0.15) is 37.3 Å². The van der Waals surface area contributed by atoms with Crippen molar-refractivity contribution in [2.24, 2.45) is 10.8 Å². The zero-order chi connectivity index (χ0) is 32.0. The third-order valence-corrected chi connectivity index (χ3v) is 8.73. The van der Waals surface area contributed by atoms with E-state index < -0.39 is 23.2 Å². The average Bonchev–Trinajstić information content (AvgIpc) is 3.39. The molecule has 2 N–H and O–H groups in total. The van der Waals surface area contributed by atoms with Gasteiger partial charge in [-0.2, -0.15) is 13.2 Å². The van der Waals surface area contributed by atoms with E-state index in [1.165, 1.54) is 6.08 Å². The standard InChI is InChI=1S/C30H32F3N7O5/c1-3-4-24(42)35-13-22(41)29-15-28(16-29,17-29)11-18-9-21-26(39-5-7-45-8-6-39)37-25(38-40(21)14-18)19-12-34-23(36-27(43)44-2)10-20(19)30(31,32)33/h3-4,9-10,12,14H,5-8,11,13,15-17H2,1-2H3,(H,35,42)(H,34,36,43)/b4-3+/t28-,29+. The number of aromatic nitrogens is 4. The Morgan fingerprint density at radius 1 is 1.16 bits per heavy atom. The Bertz CT molecular complexity index is 1680. The highest BCUT2D eigenvalue weighted by Crippen LogP contribution is 2.74. The minimum atomic E-state index is -4.79. The molecule has 3 aromatic heterocycles. The number of fused-ring (bicyclic) bond motifs is 1. The first-order valence-electron chi connectivity index (χ1n) is 14.5. The van der Waals surface area contributed by atoms with Crippen LogP contribution in [0.15, 0.2) is 36.7 Å². The van der Waals surface area contributed by atoms with Crippen molar-refractivity contribution in [1.29, 1.82) is 0 Å². The second-order valence-electron chi connectivity index (χ2n) is 11.9. The number of hydrogen-bond acceptors (Lipinski definition) is 9. The van der Waals surface area contributed by atoms with Crippen molar-refractivity contribution >= 4 is 34.9 Å². The molecule has 12 nitrogen and oxygen atoms in total. The zero-order valence-electron chi connectivity index (χ0n) is 24.7. The highest BCUT2D eigenvalue weighted by molar-refractivity contribution is 5.95. The number of ether oxygens (including phenoxy) is 2. The molecule has 15 heteroatoms. The van der Waals surface area contributed by atoms with Crippen molar-refractivity contribution in [3.05, 3.63) is 47.8 Å². The maximum Gasteiger partial charge on any atom is 0.417 e. The summed E-state index contributed by atoms with van der Waals surface area (Å²) in [5.41, 5.74) is -0.265. The Kier molecular flexibility index (Phi) is 7.75. The van der Waals surface area contributed by atoms with E-state index in [-0.39, 0.29) is 40.9 Å². The van der Waals surface area contributed by atoms with Crippen LogP contribution in [0.25, 0.3) is 16.9 Å². The fourth-order valence-corrected chi connectivity index (χ4v) is 6.83. The summed E-state index contributed by atoms with van der Waals surface area (Å²) in [6.45, 7) is 3.61. The van der Waals surface area contributed by atoms with Crippen molar-refractivity contribution in [1.82, 2.24) is 24.9 Å². The minimum Gasteiger partial charge on any atom is -0.453 e. The summed E-state index contributed by atoms with van der Waals surface area (Å²) in [5.74, 6) is -0.288. The van der Waals surface area contributed by atoms with Gasteiger partial charge in [0, 0.05) is 30.9 Å². The maximum atomic E-state index is 14.2. The normalized spacial score (nSPS) is 22.6. The van der Waals surface area contributed by atoms with Crippen LogP contribution in [-0.4, -0.2) is 77.3 Å². The number of carbonyl (C=O) groups is 3. The monoisotopic (exact) mass is 627 g/mol. The lowest BCUT2D eigenvalue weighted by Crippen LogP contribution is -2.67. The van der Waals surface area contributed by atoms with Crippen LogP contribution in [0.3, 0.4) is 0 Å². The molecule has 3 aromatic rings. The van der Waals surface area contributed by atoms with Crippen molar-refractivity contribution in [2.45, 2.75) is 38.8 Å². The third-order valence-electron chi connectivity index (χ3n) is 8.73. The number of Topliss-reactive ketones (excluding diaryl/α,β-unsaturated/α-hetero) is 1. The number of pyridine rings is 1. The molecule has 1 aliphatic heterocycles. The number of ketones is 1. The zero-order valence-corrected chi connectivity index (χ0v) is 24.7. The molecule has 7 rings (SSSR count). The van der Waals surface area contributed by atoms with Crippen LogP contribution in [-0.2, 0) is 31.7 Å². The van der Waals surface area contributed by atoms with Gasteiger partial charge < -0.3 is 19.7 Å². The lowest BCUT2D eigenvalue weighted by Gasteiger charge is -2.70. The SMILES string of the molecule is C/C=C/C(=O)NCC(=O)[C@]12C[C@@](Cc3cc4c(N5CCOCC5)nc(-c5cnc(NC(=O)OC)cc5C(F)(F)F)nn4c3)(C1)C2. The molecular weight excluding hydrogens is 595 g/mol. The van der Waals surface area contributed by atoms with Crippen molar-refractivity contribution in [2.75, 3.05) is 50.2 Å². The second-order valence-corrected chi connectivity index (χ2v) is 11.9. The summed E-state index contributed by atoms with van der Waals surface area (Å²) in [7, 11) is 1.09. The van der Waals surface area contributed by atoms with Gasteiger partial charge in [-0.05, 0) is 61.8 Å². The first-order chi connectivity index (χ1) is 21.4. The molecule has 238 valence electrons. The molecule has 1 saturated heterocycles. The van der Waals surface area contributed by atoms with Gasteiger partial charge >= 0.3 is 12.3 Å². The number of halogens is 3. The summed E-state index contributed by atoms with van der Waals surface area (Å²) in [6.07, 6.45) is 2.89. The minimum absolute atomic E-state index is 0.00510. The number of nitrogens with zero attached hydrogens (tertiary/aromatic N) is 5. The average molecular weight is 628 g/mol. The topological polar surface area (TPSA) is 140 Å². The quantitative estimate of drug-likeness (QED) is 0.339. The van der Waals surface area contributed by atoms with Gasteiger partial charge in [0.2, 0.25) is 5.91 Å². The van der Waals surface area contributed by atoms with E-state index in [9.17, 15) is 27.6 Å². The molecule has 4 heterocycles. The molecule has 0 aromatic carbocycles. The lowest BCUT2D eigenvalue weighted by atomic mass is 9.33. The second kappa shape index (κ2) is 11.4. The highest BCUT2D eigenvalue weighted by atomic mass is 19.4. The number of methoxy groups -OCH3 is 1. The van der Waals surface area contributed by atoms with E-state index in [0.29, 0.717) is 44.1 Å². The molecule has 45 heavy (non-hydrogen) atoms. The fraction of sp³-hybridized carbons (Fsp3) is 0.467. The van der Waals surface area contributed by atoms with Gasteiger partial charge in [-0.25, -0.2) is 19.3 Å². The van der Waals surface area contributed by atoms with E-state index in [1.54, 1.807) is 23.7 Å². The third kappa shape index (κ3) is 5.83. The summed E-state index contributed by atoms with van der Waals surface area (Å²) < 4.78 is 54.2. The van der Waals surface area contributed by atoms with E-state index in [2.05, 4.69) is 30.4 Å². The Labute approximate surface area is 256 Å². The Hall–Kier alpha value is -4.53. The molecule has 0 unspecified atom stereocenters. The number of hydrogen-bond donors (Lipinski definition) is 2. The number of carbonyl (C=O) groups excluding carboxylic acids is 3. The fourth-order valence-electron chi connectivity index (χ4n) is 6.83. The number of nitrogens with one attached hydrogen (secondary N) is 2. The molecule has 4 aliphatic rings. The van der Waals surface area contributed by atoms with Crippen LogP contribution in [0, 0.1) is 10.8 Å². The van der Waals surface area contributed by atoms with Gasteiger partial charge in [0.15, 0.2) is 17.4 Å². The van der Waals surface area contributed by atoms with Crippen molar-refractivity contribution < 1.29 is 37.0 Å². The number of rotatable bonds is 9. The van der Waals surface area contributed by atoms with Crippen molar-refractivity contribution in [3.8, 4) is 11.4 Å². The predicted molar refractivity (Wildman–Crippen MR) is 156 cm³/mol. The number of amides is 2. The van der Waals surface area contributed by atoms with Gasteiger partial charge in [-0.1, -0.05) is 6.08 Å². The van der Waals surface area contributed by atoms with Gasteiger partial charge in [-0.3, -0.25) is 14.9 Å². The lowest BCUT2D eigenvalue weighted by molar-refractivity contribution is -0.203. The first-order valence-corrected chi connectivity index (χ1v) is 14.5. The molecule has 3 saturated carbocycles. The largest absolute Gasteiger partial charge is 0.453 e. The summed E-state index contributed by atoms with van der Waals surface area (Å²) in [4.78, 5) is 46.7. The molecule has 0 radical (unpaired) electrons. The van der Waals surface area contributed by atoms with E-state index in [4.69, 9.17) is 4.74 Å². The van der Waals surface area contributed by atoms with Gasteiger partial charge in [0.1, 0.15) is 11.3 Å². The molecule has 2 bridgehead atoms. The number of anilines is 2. The molecule has 3 aliphatic carbocycles.